The van der Waals surface area contributed by atoms with Crippen LogP contribution in [0.25, 0.3) is 0 Å². The van der Waals surface area contributed by atoms with Crippen LogP contribution < -0.4 is 5.32 Å². The van der Waals surface area contributed by atoms with E-state index in [1.165, 1.54) is 18.2 Å². The summed E-state index contributed by atoms with van der Waals surface area (Å²) >= 11 is 5.69. The number of halogens is 4. The Balaban J connectivity index is 2.99. The molecule has 0 radical (unpaired) electrons. The third kappa shape index (κ3) is 3.16. The van der Waals surface area contributed by atoms with Crippen LogP contribution in [-0.4, -0.2) is 22.8 Å². The number of anilines is 1. The number of carbonyl (C=O) groups excluding carboxylic acids is 1. The average molecular weight is 293 g/mol. The van der Waals surface area contributed by atoms with E-state index < -0.39 is 17.7 Å². The van der Waals surface area contributed by atoms with E-state index in [9.17, 15) is 18.0 Å². The van der Waals surface area contributed by atoms with Gasteiger partial charge in [0.15, 0.2) is 0 Å². The van der Waals surface area contributed by atoms with Crippen LogP contribution in [-0.2, 0) is 4.79 Å². The molecule has 0 saturated heterocycles. The van der Waals surface area contributed by atoms with Crippen LogP contribution in [0.2, 0.25) is 5.02 Å². The van der Waals surface area contributed by atoms with Gasteiger partial charge in [0.25, 0.3) is 5.91 Å². The highest BCUT2D eigenvalue weighted by Gasteiger charge is 2.55. The molecule has 1 aromatic carbocycles. The van der Waals surface area contributed by atoms with Crippen molar-refractivity contribution in [2.75, 3.05) is 5.32 Å². The van der Waals surface area contributed by atoms with Crippen LogP contribution in [0.15, 0.2) is 18.2 Å². The quantitative estimate of drug-likeness (QED) is 0.879. The first kappa shape index (κ1) is 15.3. The summed E-state index contributed by atoms with van der Waals surface area (Å²) in [5, 5.41) is 19.5. The molecular weight excluding hydrogens is 285 g/mol. The van der Waals surface area contributed by atoms with Gasteiger partial charge in [0.2, 0.25) is 5.60 Å². The highest BCUT2D eigenvalue weighted by molar-refractivity contribution is 6.33. The fourth-order valence-corrected chi connectivity index (χ4v) is 1.29. The molecule has 1 rings (SSSR count). The van der Waals surface area contributed by atoms with Crippen LogP contribution in [0, 0.1) is 11.3 Å². The molecule has 4 nitrogen and oxygen atoms in total. The van der Waals surface area contributed by atoms with E-state index in [1.807, 2.05) is 5.32 Å². The summed E-state index contributed by atoms with van der Waals surface area (Å²) in [5.74, 6) is -1.66. The van der Waals surface area contributed by atoms with Crippen molar-refractivity contribution in [1.29, 1.82) is 5.26 Å². The molecule has 19 heavy (non-hydrogen) atoms. The number of hydrogen-bond donors (Lipinski definition) is 2. The lowest BCUT2D eigenvalue weighted by atomic mass is 10.1. The predicted octanol–water partition coefficient (Wildman–Crippen LogP) is 2.46. The zero-order chi connectivity index (χ0) is 14.8. The Kier molecular flexibility index (Phi) is 4.08. The fraction of sp³-hybridized carbons (Fsp3) is 0.273. The largest absolute Gasteiger partial charge is 0.426 e. The highest BCUT2D eigenvalue weighted by atomic mass is 35.5. The summed E-state index contributed by atoms with van der Waals surface area (Å²) in [6.45, 7) is 0.333. The first-order valence-corrected chi connectivity index (χ1v) is 5.27. The molecule has 0 aliphatic rings. The molecule has 1 atom stereocenters. The molecule has 0 spiro atoms. The van der Waals surface area contributed by atoms with Crippen LogP contribution in [0.5, 0.6) is 0 Å². The molecule has 0 bridgehead atoms. The van der Waals surface area contributed by atoms with E-state index in [4.69, 9.17) is 22.0 Å². The van der Waals surface area contributed by atoms with Crippen molar-refractivity contribution in [2.45, 2.75) is 18.7 Å². The molecule has 1 unspecified atom stereocenters. The molecule has 0 fully saturated rings. The second-order valence-corrected chi connectivity index (χ2v) is 4.24. The lowest BCUT2D eigenvalue weighted by Crippen LogP contribution is -2.52. The van der Waals surface area contributed by atoms with Crippen molar-refractivity contribution < 1.29 is 23.1 Å². The van der Waals surface area contributed by atoms with Gasteiger partial charge in [-0.05, 0) is 25.1 Å². The van der Waals surface area contributed by atoms with E-state index in [2.05, 4.69) is 0 Å². The topological polar surface area (TPSA) is 73.1 Å². The van der Waals surface area contributed by atoms with Crippen LogP contribution in [0.1, 0.15) is 12.5 Å². The first-order valence-electron chi connectivity index (χ1n) is 4.90. The van der Waals surface area contributed by atoms with Gasteiger partial charge in [-0.3, -0.25) is 4.79 Å². The van der Waals surface area contributed by atoms with Crippen molar-refractivity contribution in [3.63, 3.8) is 0 Å². The molecule has 102 valence electrons. The minimum absolute atomic E-state index is 0.106. The molecule has 0 saturated carbocycles. The number of nitriles is 1. The molecular formula is C11H8ClF3N2O2. The maximum atomic E-state index is 12.4. The SMILES string of the molecule is CC(O)(C(=O)Nc1ccc(C#N)cc1Cl)C(F)(F)F. The molecule has 8 heteroatoms. The molecule has 1 aromatic rings. The number of rotatable bonds is 2. The monoisotopic (exact) mass is 292 g/mol. The van der Waals surface area contributed by atoms with E-state index >= 15 is 0 Å². The molecule has 1 amide bonds. The van der Waals surface area contributed by atoms with Crippen LogP contribution in [0.4, 0.5) is 18.9 Å². The number of hydrogen-bond acceptors (Lipinski definition) is 3. The standard InChI is InChI=1S/C11H8ClF3N2O2/c1-10(19,11(13,14)15)9(18)17-8-3-2-6(5-16)4-7(8)12/h2-4,19H,1H3,(H,17,18). The molecule has 2 N–H and O–H groups in total. The summed E-state index contributed by atoms with van der Waals surface area (Å²) in [6, 6.07) is 5.40. The van der Waals surface area contributed by atoms with Gasteiger partial charge >= 0.3 is 6.18 Å². The number of carbonyl (C=O) groups is 1. The first-order chi connectivity index (χ1) is 8.59. The lowest BCUT2D eigenvalue weighted by molar-refractivity contribution is -0.242. The van der Waals surface area contributed by atoms with Crippen molar-refractivity contribution in [1.82, 2.24) is 0 Å². The van der Waals surface area contributed by atoms with E-state index in [0.29, 0.717) is 6.92 Å². The Hall–Kier alpha value is -1.78. The Labute approximate surface area is 111 Å². The average Bonchev–Trinajstić information content (AvgIpc) is 2.30. The minimum atomic E-state index is -5.11. The number of aliphatic hydroxyl groups is 1. The van der Waals surface area contributed by atoms with Gasteiger partial charge < -0.3 is 10.4 Å². The third-order valence-corrected chi connectivity index (χ3v) is 2.65. The molecule has 0 aliphatic heterocycles. The summed E-state index contributed by atoms with van der Waals surface area (Å²) in [7, 11) is 0. The smallest absolute Gasteiger partial charge is 0.373 e. The van der Waals surface area contributed by atoms with Crippen molar-refractivity contribution in [3.8, 4) is 6.07 Å². The van der Waals surface area contributed by atoms with Crippen molar-refractivity contribution in [3.05, 3.63) is 28.8 Å². The Morgan fingerprint density at radius 2 is 2.05 bits per heavy atom. The van der Waals surface area contributed by atoms with E-state index in [1.54, 1.807) is 6.07 Å². The Morgan fingerprint density at radius 1 is 1.47 bits per heavy atom. The fourth-order valence-electron chi connectivity index (χ4n) is 1.06. The summed E-state index contributed by atoms with van der Waals surface area (Å²) in [6.07, 6.45) is -5.11. The summed E-state index contributed by atoms with van der Waals surface area (Å²) in [5.41, 5.74) is -3.48. The number of alkyl halides is 3. The number of benzene rings is 1. The summed E-state index contributed by atoms with van der Waals surface area (Å²) in [4.78, 5) is 11.4. The van der Waals surface area contributed by atoms with Crippen molar-refractivity contribution >= 4 is 23.2 Å². The zero-order valence-electron chi connectivity index (χ0n) is 9.55. The lowest BCUT2D eigenvalue weighted by Gasteiger charge is -2.25. The molecule has 0 aliphatic carbocycles. The third-order valence-electron chi connectivity index (χ3n) is 2.34. The van der Waals surface area contributed by atoms with Crippen LogP contribution in [0.3, 0.4) is 0 Å². The maximum Gasteiger partial charge on any atom is 0.426 e. The van der Waals surface area contributed by atoms with E-state index in [0.717, 1.165) is 0 Å². The number of amides is 1. The summed E-state index contributed by atoms with van der Waals surface area (Å²) < 4.78 is 37.3. The van der Waals surface area contributed by atoms with Gasteiger partial charge in [0, 0.05) is 0 Å². The number of nitrogens with one attached hydrogen (secondary N) is 1. The van der Waals surface area contributed by atoms with Crippen molar-refractivity contribution in [2.24, 2.45) is 0 Å². The normalized spacial score (nSPS) is 14.4. The van der Waals surface area contributed by atoms with Gasteiger partial charge in [0.1, 0.15) is 0 Å². The Bertz CT molecular complexity index is 550. The Morgan fingerprint density at radius 3 is 2.47 bits per heavy atom. The van der Waals surface area contributed by atoms with Gasteiger partial charge in [0.05, 0.1) is 22.3 Å². The van der Waals surface area contributed by atoms with Gasteiger partial charge in [-0.2, -0.15) is 18.4 Å². The maximum absolute atomic E-state index is 12.4. The van der Waals surface area contributed by atoms with Gasteiger partial charge in [-0.25, -0.2) is 0 Å². The zero-order valence-corrected chi connectivity index (χ0v) is 10.3. The van der Waals surface area contributed by atoms with Crippen LogP contribution >= 0.6 is 11.6 Å². The van der Waals surface area contributed by atoms with E-state index in [-0.39, 0.29) is 16.3 Å². The van der Waals surface area contributed by atoms with Gasteiger partial charge in [-0.15, -0.1) is 0 Å². The predicted molar refractivity (Wildman–Crippen MR) is 61.5 cm³/mol. The molecule has 0 aromatic heterocycles. The van der Waals surface area contributed by atoms with Gasteiger partial charge in [-0.1, -0.05) is 11.6 Å². The number of nitrogens with zero attached hydrogens (tertiary/aromatic N) is 1. The second kappa shape index (κ2) is 5.07. The second-order valence-electron chi connectivity index (χ2n) is 3.83. The molecule has 0 heterocycles. The highest BCUT2D eigenvalue weighted by Crippen LogP contribution is 2.32. The minimum Gasteiger partial charge on any atom is -0.373 e.